The maximum Gasteiger partial charge on any atom is 0.0159 e. The number of hydrogen-bond acceptors (Lipinski definition) is 0. The fraction of sp³-hybridized carbons (Fsp3) is 0.137. The average Bonchev–Trinajstić information content (AvgIpc) is 3.37. The third-order valence-corrected chi connectivity index (χ3v) is 11.8. The summed E-state index contributed by atoms with van der Waals surface area (Å²) < 4.78 is 0. The molecule has 9 aromatic rings. The van der Waals surface area contributed by atoms with E-state index >= 15 is 0 Å². The molecule has 0 fully saturated rings. The molecule has 0 unspecified atom stereocenters. The van der Waals surface area contributed by atoms with Crippen LogP contribution in [0, 0.1) is 0 Å². The predicted molar refractivity (Wildman–Crippen MR) is 221 cm³/mol. The smallest absolute Gasteiger partial charge is 0.0159 e. The lowest BCUT2D eigenvalue weighted by Gasteiger charge is -2.25. The highest BCUT2D eigenvalue weighted by Crippen LogP contribution is 2.51. The molecule has 0 saturated carbocycles. The second kappa shape index (κ2) is 10.6. The van der Waals surface area contributed by atoms with Crippen LogP contribution in [0.15, 0.2) is 152 Å². The second-order valence-electron chi connectivity index (χ2n) is 16.3. The number of benzene rings is 9. The monoisotopic (exact) mass is 652 g/mol. The summed E-state index contributed by atoms with van der Waals surface area (Å²) in [6.45, 7) is 11.7. The standard InChI is InChI=1S/C51H40/c1-50(2,3)41-20-23-44-47-30-46-40(28-48(47)51(4,5)49(44)29-41)19-22-42-43(46)21-18-32-11-13-39(27-45(32)42)38-17-16-36-25-35(14-15-37(36)26-38)34-12-10-31-8-6-7-9-33(31)24-34/h6-30H,1-5H3. The molecule has 0 saturated heterocycles. The van der Waals surface area contributed by atoms with E-state index in [1.807, 2.05) is 0 Å². The van der Waals surface area contributed by atoms with Gasteiger partial charge in [0, 0.05) is 5.41 Å². The highest BCUT2D eigenvalue weighted by Gasteiger charge is 2.36. The van der Waals surface area contributed by atoms with Crippen molar-refractivity contribution in [2.45, 2.75) is 45.4 Å². The summed E-state index contributed by atoms with van der Waals surface area (Å²) in [5, 5.41) is 12.9. The zero-order chi connectivity index (χ0) is 34.6. The van der Waals surface area contributed by atoms with Gasteiger partial charge in [0.15, 0.2) is 0 Å². The first-order valence-electron chi connectivity index (χ1n) is 18.2. The van der Waals surface area contributed by atoms with E-state index in [-0.39, 0.29) is 10.8 Å². The number of hydrogen-bond donors (Lipinski definition) is 0. The lowest BCUT2D eigenvalue weighted by atomic mass is 9.78. The molecule has 0 radical (unpaired) electrons. The van der Waals surface area contributed by atoms with Crippen molar-refractivity contribution in [1.29, 1.82) is 0 Å². The van der Waals surface area contributed by atoms with Crippen LogP contribution in [0.2, 0.25) is 0 Å². The molecule has 0 spiro atoms. The molecule has 1 aliphatic carbocycles. The van der Waals surface area contributed by atoms with Gasteiger partial charge in [-0.15, -0.1) is 0 Å². The first-order valence-corrected chi connectivity index (χ1v) is 18.2. The normalized spacial score (nSPS) is 13.7. The molecule has 10 rings (SSSR count). The third kappa shape index (κ3) is 4.66. The molecule has 0 heterocycles. The summed E-state index contributed by atoms with van der Waals surface area (Å²) >= 11 is 0. The highest BCUT2D eigenvalue weighted by molar-refractivity contribution is 6.19. The van der Waals surface area contributed by atoms with Crippen molar-refractivity contribution in [2.75, 3.05) is 0 Å². The minimum Gasteiger partial charge on any atom is -0.0616 e. The molecule has 244 valence electrons. The lowest BCUT2D eigenvalue weighted by Crippen LogP contribution is -2.17. The Morgan fingerprint density at radius 3 is 1.49 bits per heavy atom. The Bertz CT molecular complexity index is 2910. The van der Waals surface area contributed by atoms with E-state index in [4.69, 9.17) is 0 Å². The Hall–Kier alpha value is -5.72. The summed E-state index contributed by atoms with van der Waals surface area (Å²) in [6, 6.07) is 57.5. The number of rotatable bonds is 2. The Morgan fingerprint density at radius 1 is 0.353 bits per heavy atom. The van der Waals surface area contributed by atoms with Crippen molar-refractivity contribution in [1.82, 2.24) is 0 Å². The van der Waals surface area contributed by atoms with Crippen LogP contribution >= 0.6 is 0 Å². The molecule has 0 aromatic heterocycles. The molecule has 0 aliphatic heterocycles. The van der Waals surface area contributed by atoms with Crippen LogP contribution in [0.25, 0.3) is 87.2 Å². The van der Waals surface area contributed by atoms with Crippen LogP contribution in [0.3, 0.4) is 0 Å². The maximum absolute atomic E-state index is 2.47. The molecule has 0 nitrogen and oxygen atoms in total. The topological polar surface area (TPSA) is 0 Å². The zero-order valence-electron chi connectivity index (χ0n) is 29.9. The van der Waals surface area contributed by atoms with E-state index in [1.54, 1.807) is 0 Å². The van der Waals surface area contributed by atoms with E-state index in [1.165, 1.54) is 104 Å². The van der Waals surface area contributed by atoms with E-state index in [2.05, 4.69) is 186 Å². The van der Waals surface area contributed by atoms with Gasteiger partial charge in [-0.25, -0.2) is 0 Å². The molecule has 0 atom stereocenters. The first kappa shape index (κ1) is 30.1. The molecule has 0 bridgehead atoms. The Labute approximate surface area is 300 Å². The van der Waals surface area contributed by atoms with Crippen molar-refractivity contribution in [3.05, 3.63) is 168 Å². The largest absolute Gasteiger partial charge is 0.0616 e. The molecular formula is C51H40. The van der Waals surface area contributed by atoms with Gasteiger partial charge in [-0.05, 0) is 146 Å². The summed E-state index contributed by atoms with van der Waals surface area (Å²) in [4.78, 5) is 0. The molecular weight excluding hydrogens is 613 g/mol. The van der Waals surface area contributed by atoms with Crippen molar-refractivity contribution < 1.29 is 0 Å². The molecule has 0 amide bonds. The highest BCUT2D eigenvalue weighted by atomic mass is 14.4. The van der Waals surface area contributed by atoms with Crippen LogP contribution in [-0.2, 0) is 10.8 Å². The third-order valence-electron chi connectivity index (χ3n) is 11.8. The van der Waals surface area contributed by atoms with E-state index in [0.29, 0.717) is 0 Å². The van der Waals surface area contributed by atoms with Gasteiger partial charge in [0.2, 0.25) is 0 Å². The van der Waals surface area contributed by atoms with Crippen LogP contribution in [0.5, 0.6) is 0 Å². The molecule has 9 aromatic carbocycles. The van der Waals surface area contributed by atoms with E-state index in [0.717, 1.165) is 0 Å². The van der Waals surface area contributed by atoms with Gasteiger partial charge in [0.25, 0.3) is 0 Å². The van der Waals surface area contributed by atoms with Crippen LogP contribution in [0.4, 0.5) is 0 Å². The van der Waals surface area contributed by atoms with Gasteiger partial charge in [-0.1, -0.05) is 150 Å². The molecule has 1 aliphatic rings. The Kier molecular flexibility index (Phi) is 6.29. The first-order chi connectivity index (χ1) is 24.6. The van der Waals surface area contributed by atoms with E-state index in [9.17, 15) is 0 Å². The van der Waals surface area contributed by atoms with E-state index < -0.39 is 0 Å². The summed E-state index contributed by atoms with van der Waals surface area (Å²) in [6.07, 6.45) is 0. The van der Waals surface area contributed by atoms with Gasteiger partial charge in [0.05, 0.1) is 0 Å². The Morgan fingerprint density at radius 2 is 0.843 bits per heavy atom. The average molecular weight is 653 g/mol. The quantitative estimate of drug-likeness (QED) is 0.163. The molecule has 51 heavy (non-hydrogen) atoms. The van der Waals surface area contributed by atoms with Crippen LogP contribution < -0.4 is 0 Å². The number of fused-ring (bicyclic) bond motifs is 10. The van der Waals surface area contributed by atoms with Gasteiger partial charge < -0.3 is 0 Å². The minimum atomic E-state index is -0.0365. The second-order valence-corrected chi connectivity index (χ2v) is 16.3. The maximum atomic E-state index is 2.47. The van der Waals surface area contributed by atoms with Crippen molar-refractivity contribution in [3.8, 4) is 33.4 Å². The van der Waals surface area contributed by atoms with Gasteiger partial charge >= 0.3 is 0 Å². The molecule has 0 heteroatoms. The summed E-state index contributed by atoms with van der Waals surface area (Å²) in [5.74, 6) is 0. The Balaban J connectivity index is 1.06. The summed E-state index contributed by atoms with van der Waals surface area (Å²) in [5.41, 5.74) is 12.1. The van der Waals surface area contributed by atoms with Crippen LogP contribution in [0.1, 0.15) is 51.3 Å². The predicted octanol–water partition coefficient (Wildman–Crippen LogP) is 14.4. The van der Waals surface area contributed by atoms with Gasteiger partial charge in [-0.3, -0.25) is 0 Å². The summed E-state index contributed by atoms with van der Waals surface area (Å²) in [7, 11) is 0. The lowest BCUT2D eigenvalue weighted by molar-refractivity contribution is 0.585. The van der Waals surface area contributed by atoms with Crippen molar-refractivity contribution in [2.24, 2.45) is 0 Å². The van der Waals surface area contributed by atoms with Crippen molar-refractivity contribution >= 4 is 53.9 Å². The van der Waals surface area contributed by atoms with Gasteiger partial charge in [0.1, 0.15) is 0 Å². The SMILES string of the molecule is CC(C)(C)c1ccc2c(c1)C(C)(C)c1cc3ccc4c5cc(-c6ccc7cc(-c8ccc9ccccc9c8)ccc7c6)ccc5ccc4c3cc1-2. The van der Waals surface area contributed by atoms with Crippen LogP contribution in [-0.4, -0.2) is 0 Å². The minimum absolute atomic E-state index is 0.0365. The fourth-order valence-corrected chi connectivity index (χ4v) is 8.72. The van der Waals surface area contributed by atoms with Crippen molar-refractivity contribution in [3.63, 3.8) is 0 Å². The van der Waals surface area contributed by atoms with Gasteiger partial charge in [-0.2, -0.15) is 0 Å². The fourth-order valence-electron chi connectivity index (χ4n) is 8.72. The molecule has 0 N–H and O–H groups in total. The zero-order valence-corrected chi connectivity index (χ0v) is 29.9.